The van der Waals surface area contributed by atoms with Gasteiger partial charge in [-0.15, -0.1) is 0 Å². The van der Waals surface area contributed by atoms with Crippen LogP contribution in [0.2, 0.25) is 0 Å². The van der Waals surface area contributed by atoms with Gasteiger partial charge in [0.1, 0.15) is 5.75 Å². The van der Waals surface area contributed by atoms with Crippen LogP contribution in [0.5, 0.6) is 5.75 Å². The summed E-state index contributed by atoms with van der Waals surface area (Å²) in [5.74, 6) is 0.850. The van der Waals surface area contributed by atoms with E-state index in [0.29, 0.717) is 13.2 Å². The monoisotopic (exact) mass is 292 g/mol. The van der Waals surface area contributed by atoms with Crippen molar-refractivity contribution in [1.82, 2.24) is 4.57 Å². The molecule has 0 aliphatic heterocycles. The average molecular weight is 292 g/mol. The first-order valence-electron chi connectivity index (χ1n) is 6.88. The maximum atomic E-state index is 11.9. The Balaban J connectivity index is 2.21. The molecule has 2 rings (SSSR count). The van der Waals surface area contributed by atoms with Gasteiger partial charge in [-0.25, -0.2) is 0 Å². The summed E-state index contributed by atoms with van der Waals surface area (Å²) in [5.41, 5.74) is 7.52. The average Bonchev–Trinajstić information content (AvgIpc) is 2.82. The van der Waals surface area contributed by atoms with Crippen molar-refractivity contribution in [3.05, 3.63) is 39.3 Å². The first-order valence-corrected chi connectivity index (χ1v) is 7.76. The van der Waals surface area contributed by atoms with Crippen LogP contribution in [0.15, 0.2) is 34.4 Å². The van der Waals surface area contributed by atoms with Gasteiger partial charge in [-0.1, -0.05) is 11.3 Å². The molecule has 5 heteroatoms. The second-order valence-electron chi connectivity index (χ2n) is 4.49. The van der Waals surface area contributed by atoms with Gasteiger partial charge in [-0.05, 0) is 56.1 Å². The third-order valence-electron chi connectivity index (χ3n) is 3.08. The molecule has 0 bridgehead atoms. The third-order valence-corrected chi connectivity index (χ3v) is 3.84. The van der Waals surface area contributed by atoms with Crippen LogP contribution in [0.3, 0.4) is 0 Å². The zero-order valence-corrected chi connectivity index (χ0v) is 12.5. The van der Waals surface area contributed by atoms with Gasteiger partial charge >= 0.3 is 4.87 Å². The first kappa shape index (κ1) is 14.8. The zero-order valence-electron chi connectivity index (χ0n) is 11.7. The van der Waals surface area contributed by atoms with Crippen molar-refractivity contribution >= 4 is 11.3 Å². The second-order valence-corrected chi connectivity index (χ2v) is 5.31. The number of nitrogens with two attached hydrogens (primary N) is 1. The number of benzene rings is 1. The van der Waals surface area contributed by atoms with E-state index in [1.54, 1.807) is 0 Å². The van der Waals surface area contributed by atoms with E-state index in [9.17, 15) is 4.79 Å². The lowest BCUT2D eigenvalue weighted by Crippen LogP contribution is -2.15. The molecule has 0 spiro atoms. The Morgan fingerprint density at radius 3 is 2.65 bits per heavy atom. The van der Waals surface area contributed by atoms with Crippen molar-refractivity contribution < 1.29 is 4.74 Å². The quantitative estimate of drug-likeness (QED) is 0.798. The molecule has 108 valence electrons. The molecular formula is C15H20N2O2S. The predicted molar refractivity (Wildman–Crippen MR) is 83.5 cm³/mol. The summed E-state index contributed by atoms with van der Waals surface area (Å²) in [6.07, 6.45) is 1.86. The van der Waals surface area contributed by atoms with Crippen molar-refractivity contribution in [2.45, 2.75) is 26.3 Å². The number of hydrogen-bond donors (Lipinski definition) is 1. The molecule has 0 aliphatic rings. The normalized spacial score (nSPS) is 10.7. The number of hydrogen-bond acceptors (Lipinski definition) is 4. The smallest absolute Gasteiger partial charge is 0.307 e. The molecule has 1 aromatic heterocycles. The number of nitrogens with zero attached hydrogens (tertiary/aromatic N) is 1. The van der Waals surface area contributed by atoms with E-state index in [0.717, 1.165) is 36.4 Å². The lowest BCUT2D eigenvalue weighted by atomic mass is 10.1. The summed E-state index contributed by atoms with van der Waals surface area (Å²) >= 11 is 1.24. The number of ether oxygens (including phenoxy) is 1. The topological polar surface area (TPSA) is 57.2 Å². The molecule has 0 radical (unpaired) electrons. The number of aromatic nitrogens is 1. The molecule has 0 atom stereocenters. The Morgan fingerprint density at radius 1 is 1.25 bits per heavy atom. The third kappa shape index (κ3) is 3.49. The minimum Gasteiger partial charge on any atom is -0.494 e. The molecule has 0 unspecified atom stereocenters. The fourth-order valence-corrected chi connectivity index (χ4v) is 2.86. The Labute approximate surface area is 122 Å². The van der Waals surface area contributed by atoms with E-state index in [1.165, 1.54) is 11.3 Å². The molecule has 0 saturated carbocycles. The predicted octanol–water partition coefficient (Wildman–Crippen LogP) is 2.71. The summed E-state index contributed by atoms with van der Waals surface area (Å²) in [6, 6.07) is 7.86. The molecule has 1 aromatic carbocycles. The fourth-order valence-electron chi connectivity index (χ4n) is 2.07. The summed E-state index contributed by atoms with van der Waals surface area (Å²) in [6.45, 7) is 4.00. The number of unbranched alkanes of at least 4 members (excludes halogenated alkanes) is 1. The van der Waals surface area contributed by atoms with Gasteiger partial charge in [0, 0.05) is 11.9 Å². The minimum atomic E-state index is 0.0888. The lowest BCUT2D eigenvalue weighted by Gasteiger charge is -2.08. The number of thiazole rings is 1. The highest BCUT2D eigenvalue weighted by molar-refractivity contribution is 7.07. The van der Waals surface area contributed by atoms with Crippen LogP contribution < -0.4 is 15.3 Å². The molecule has 4 nitrogen and oxygen atoms in total. The summed E-state index contributed by atoms with van der Waals surface area (Å²) in [7, 11) is 0. The molecule has 2 N–H and O–H groups in total. The van der Waals surface area contributed by atoms with Crippen molar-refractivity contribution in [2.75, 3.05) is 13.2 Å². The molecule has 20 heavy (non-hydrogen) atoms. The highest BCUT2D eigenvalue weighted by Crippen LogP contribution is 2.23. The van der Waals surface area contributed by atoms with E-state index in [2.05, 4.69) is 0 Å². The van der Waals surface area contributed by atoms with Crippen molar-refractivity contribution in [2.24, 2.45) is 5.73 Å². The zero-order chi connectivity index (χ0) is 14.4. The summed E-state index contributed by atoms with van der Waals surface area (Å²) < 4.78 is 7.26. The van der Waals surface area contributed by atoms with E-state index in [-0.39, 0.29) is 4.87 Å². The maximum Gasteiger partial charge on any atom is 0.307 e. The molecular weight excluding hydrogens is 272 g/mol. The van der Waals surface area contributed by atoms with E-state index >= 15 is 0 Å². The van der Waals surface area contributed by atoms with Crippen LogP contribution >= 0.6 is 11.3 Å². The minimum absolute atomic E-state index is 0.0888. The Hall–Kier alpha value is -1.59. The fraction of sp³-hybridized carbons (Fsp3) is 0.400. The number of rotatable bonds is 7. The van der Waals surface area contributed by atoms with Crippen molar-refractivity contribution in [3.8, 4) is 17.0 Å². The second kappa shape index (κ2) is 7.26. The SMILES string of the molecule is CCOc1ccc(-c2csc(=O)n2CCCCN)cc1. The molecule has 0 fully saturated rings. The Kier molecular flexibility index (Phi) is 5.38. The summed E-state index contributed by atoms with van der Waals surface area (Å²) in [5, 5.41) is 1.92. The van der Waals surface area contributed by atoms with E-state index < -0.39 is 0 Å². The lowest BCUT2D eigenvalue weighted by molar-refractivity contribution is 0.340. The molecule has 0 saturated heterocycles. The van der Waals surface area contributed by atoms with Crippen LogP contribution in [0.1, 0.15) is 19.8 Å². The first-order chi connectivity index (χ1) is 9.76. The molecule has 0 amide bonds. The Bertz CT molecular complexity index is 587. The van der Waals surface area contributed by atoms with Crippen LogP contribution in [-0.4, -0.2) is 17.7 Å². The molecule has 1 heterocycles. The van der Waals surface area contributed by atoms with Crippen LogP contribution in [-0.2, 0) is 6.54 Å². The van der Waals surface area contributed by atoms with Gasteiger partial charge in [0.15, 0.2) is 0 Å². The van der Waals surface area contributed by atoms with E-state index in [1.807, 2.05) is 41.1 Å². The van der Waals surface area contributed by atoms with Crippen molar-refractivity contribution in [1.29, 1.82) is 0 Å². The van der Waals surface area contributed by atoms with Crippen LogP contribution in [0.4, 0.5) is 0 Å². The highest BCUT2D eigenvalue weighted by Gasteiger charge is 2.08. The van der Waals surface area contributed by atoms with Gasteiger partial charge in [0.2, 0.25) is 0 Å². The van der Waals surface area contributed by atoms with Crippen LogP contribution in [0.25, 0.3) is 11.3 Å². The largest absolute Gasteiger partial charge is 0.494 e. The standard InChI is InChI=1S/C15H20N2O2S/c1-2-19-13-7-5-12(6-8-13)14-11-20-15(18)17(14)10-4-3-9-16/h5-8,11H,2-4,9-10,16H2,1H3. The van der Waals surface area contributed by atoms with Crippen LogP contribution in [0, 0.1) is 0 Å². The van der Waals surface area contributed by atoms with Crippen molar-refractivity contribution in [3.63, 3.8) is 0 Å². The molecule has 2 aromatic rings. The van der Waals surface area contributed by atoms with E-state index in [4.69, 9.17) is 10.5 Å². The van der Waals surface area contributed by atoms with Gasteiger partial charge in [-0.3, -0.25) is 9.36 Å². The van der Waals surface area contributed by atoms with Gasteiger partial charge in [0.25, 0.3) is 0 Å². The molecule has 0 aliphatic carbocycles. The highest BCUT2D eigenvalue weighted by atomic mass is 32.1. The van der Waals surface area contributed by atoms with Gasteiger partial charge in [0.05, 0.1) is 12.3 Å². The Morgan fingerprint density at radius 2 is 2.00 bits per heavy atom. The van der Waals surface area contributed by atoms with Gasteiger partial charge in [-0.2, -0.15) is 0 Å². The maximum absolute atomic E-state index is 11.9. The summed E-state index contributed by atoms with van der Waals surface area (Å²) in [4.78, 5) is 12.0. The van der Waals surface area contributed by atoms with Gasteiger partial charge < -0.3 is 10.5 Å².